The molecule has 0 bridgehead atoms. The summed E-state index contributed by atoms with van der Waals surface area (Å²) in [6, 6.07) is 26.7. The summed E-state index contributed by atoms with van der Waals surface area (Å²) in [4.78, 5) is 0. The molecule has 0 amide bonds. The molecule has 0 saturated carbocycles. The van der Waals surface area contributed by atoms with Crippen LogP contribution in [0.15, 0.2) is 79.0 Å². The lowest BCUT2D eigenvalue weighted by molar-refractivity contribution is -0.659. The van der Waals surface area contributed by atoms with Crippen LogP contribution >= 0.6 is 0 Å². The van der Waals surface area contributed by atoms with Gasteiger partial charge in [-0.3, -0.25) is 0 Å². The minimum absolute atomic E-state index is 0.933. The smallest absolute Gasteiger partial charge is 0.228 e. The maximum Gasteiger partial charge on any atom is 0.228 e. The Hall–Kier alpha value is -3.43. The summed E-state index contributed by atoms with van der Waals surface area (Å²) in [5.74, 6) is 2.03. The highest BCUT2D eigenvalue weighted by atomic mass is 28.3. The number of nitrogens with zero attached hydrogens (tertiary/aromatic N) is 1. The van der Waals surface area contributed by atoms with Crippen molar-refractivity contribution >= 4 is 40.0 Å². The van der Waals surface area contributed by atoms with Crippen LogP contribution in [0.2, 0.25) is 13.1 Å². The van der Waals surface area contributed by atoms with Crippen molar-refractivity contribution < 1.29 is 9.30 Å². The molecule has 5 aromatic rings. The highest BCUT2D eigenvalue weighted by molar-refractivity contribution is 7.00. The van der Waals surface area contributed by atoms with Gasteiger partial charge in [-0.1, -0.05) is 91.1 Å². The Morgan fingerprint density at radius 2 is 1.56 bits per heavy atom. The average Bonchev–Trinajstić information content (AvgIpc) is 2.86. The van der Waals surface area contributed by atoms with Crippen molar-refractivity contribution in [2.75, 3.05) is 0 Å². The molecular formula is C31H30NOSi+. The maximum absolute atomic E-state index is 6.90. The lowest BCUT2D eigenvalue weighted by Crippen LogP contribution is -2.52. The molecule has 2 heterocycles. The van der Waals surface area contributed by atoms with Crippen molar-refractivity contribution in [3.63, 3.8) is 0 Å². The van der Waals surface area contributed by atoms with E-state index >= 15 is 0 Å². The first-order valence-electron chi connectivity index (χ1n) is 12.2. The third-order valence-corrected chi connectivity index (χ3v) is 11.3. The van der Waals surface area contributed by atoms with E-state index in [1.54, 1.807) is 0 Å². The van der Waals surface area contributed by atoms with Crippen molar-refractivity contribution in [3.05, 3.63) is 90.1 Å². The van der Waals surface area contributed by atoms with Crippen LogP contribution in [0.25, 0.3) is 32.8 Å². The van der Waals surface area contributed by atoms with Crippen LogP contribution in [0, 0.1) is 6.92 Å². The first-order chi connectivity index (χ1) is 16.4. The molecule has 3 heteroatoms. The van der Waals surface area contributed by atoms with Gasteiger partial charge in [0.25, 0.3) is 0 Å². The van der Waals surface area contributed by atoms with E-state index in [1.807, 2.05) is 0 Å². The quantitative estimate of drug-likeness (QED) is 0.224. The maximum atomic E-state index is 6.90. The van der Waals surface area contributed by atoms with Gasteiger partial charge < -0.3 is 4.74 Å². The summed E-state index contributed by atoms with van der Waals surface area (Å²) >= 11 is 0. The highest BCUT2D eigenvalue weighted by Crippen LogP contribution is 2.50. The molecule has 0 aliphatic carbocycles. The first-order valence-corrected chi connectivity index (χ1v) is 15.2. The van der Waals surface area contributed by atoms with E-state index in [0.29, 0.717) is 0 Å². The topological polar surface area (TPSA) is 13.1 Å². The second kappa shape index (κ2) is 7.54. The van der Waals surface area contributed by atoms with Crippen molar-refractivity contribution in [3.8, 4) is 22.8 Å². The van der Waals surface area contributed by atoms with Crippen molar-refractivity contribution in [1.82, 2.24) is 0 Å². The Morgan fingerprint density at radius 1 is 0.853 bits per heavy atom. The van der Waals surface area contributed by atoms with Crippen molar-refractivity contribution in [1.29, 1.82) is 0 Å². The molecule has 0 radical (unpaired) electrons. The molecule has 1 aliphatic heterocycles. The van der Waals surface area contributed by atoms with Gasteiger partial charge in [-0.2, -0.15) is 0 Å². The number of aryl methyl sites for hydroxylation is 3. The molecular weight excluding hydrogens is 430 g/mol. The fraction of sp³-hybridized carbons (Fsp3) is 0.194. The lowest BCUT2D eigenvalue weighted by atomic mass is 9.88. The second-order valence-electron chi connectivity index (χ2n) is 10.0. The third kappa shape index (κ3) is 2.90. The fourth-order valence-corrected chi connectivity index (χ4v) is 8.11. The Balaban J connectivity index is 1.70. The molecule has 0 N–H and O–H groups in total. The Kier molecular flexibility index (Phi) is 4.68. The Bertz CT molecular complexity index is 1600. The van der Waals surface area contributed by atoms with E-state index in [9.17, 15) is 0 Å². The largest absolute Gasteiger partial charge is 0.455 e. The number of benzene rings is 4. The van der Waals surface area contributed by atoms with E-state index in [4.69, 9.17) is 4.74 Å². The van der Waals surface area contributed by atoms with Gasteiger partial charge in [-0.05, 0) is 41.1 Å². The van der Waals surface area contributed by atoms with E-state index < -0.39 is 8.07 Å². The summed E-state index contributed by atoms with van der Waals surface area (Å²) in [5.41, 5.74) is 5.09. The molecule has 1 aromatic heterocycles. The predicted molar refractivity (Wildman–Crippen MR) is 145 cm³/mol. The SMILES string of the molecule is CCc1c2c(c(C)c3ccccc13)-c1c3c(cc([Si](C)(C)c4ccccc4)cc3cc[n+]1C)O2. The molecule has 168 valence electrons. The van der Waals surface area contributed by atoms with Crippen LogP contribution in [0.5, 0.6) is 11.5 Å². The van der Waals surface area contributed by atoms with Gasteiger partial charge in [0.2, 0.25) is 5.69 Å². The fourth-order valence-electron chi connectivity index (χ4n) is 5.74. The second-order valence-corrected chi connectivity index (χ2v) is 14.4. The van der Waals surface area contributed by atoms with Crippen LogP contribution in [0.3, 0.4) is 0 Å². The number of hydrogen-bond acceptors (Lipinski definition) is 1. The summed E-state index contributed by atoms with van der Waals surface area (Å²) in [6.07, 6.45) is 3.14. The van der Waals surface area contributed by atoms with E-state index in [1.165, 1.54) is 54.3 Å². The standard InChI is InChI=1S/C31H30NOSi/c1-6-24-26-15-11-10-14-25(26)20(2)28-30-29-21(16-17-32(30)3)18-23(19-27(29)33-31(24)28)34(4,5)22-12-8-7-9-13-22/h7-19H,6H2,1-5H3/q+1. The molecule has 2 nitrogen and oxygen atoms in total. The predicted octanol–water partition coefficient (Wildman–Crippen LogP) is 6.28. The first kappa shape index (κ1) is 21.1. The van der Waals surface area contributed by atoms with E-state index in [2.05, 4.69) is 118 Å². The van der Waals surface area contributed by atoms with Crippen LogP contribution in [0.1, 0.15) is 18.1 Å². The third-order valence-electron chi connectivity index (χ3n) is 7.75. The van der Waals surface area contributed by atoms with Crippen molar-refractivity contribution in [2.24, 2.45) is 7.05 Å². The zero-order chi connectivity index (χ0) is 23.6. The van der Waals surface area contributed by atoms with Crippen LogP contribution in [0.4, 0.5) is 0 Å². The summed E-state index contributed by atoms with van der Waals surface area (Å²) in [7, 11) is 0.275. The minimum Gasteiger partial charge on any atom is -0.455 e. The Labute approximate surface area is 202 Å². The molecule has 0 spiro atoms. The summed E-state index contributed by atoms with van der Waals surface area (Å²) < 4.78 is 9.17. The van der Waals surface area contributed by atoms with Gasteiger partial charge in [0.15, 0.2) is 6.20 Å². The Morgan fingerprint density at radius 3 is 2.29 bits per heavy atom. The minimum atomic E-state index is -1.88. The van der Waals surface area contributed by atoms with E-state index in [-0.39, 0.29) is 0 Å². The van der Waals surface area contributed by atoms with Gasteiger partial charge in [0, 0.05) is 11.6 Å². The van der Waals surface area contributed by atoms with Crippen molar-refractivity contribution in [2.45, 2.75) is 33.4 Å². The van der Waals surface area contributed by atoms with Gasteiger partial charge in [0.05, 0.1) is 10.9 Å². The average molecular weight is 461 g/mol. The number of hydrogen-bond donors (Lipinski definition) is 0. The van der Waals surface area contributed by atoms with Gasteiger partial charge >= 0.3 is 0 Å². The molecule has 0 saturated heterocycles. The molecule has 34 heavy (non-hydrogen) atoms. The number of fused-ring (bicyclic) bond motifs is 3. The highest BCUT2D eigenvalue weighted by Gasteiger charge is 2.34. The molecule has 4 aromatic carbocycles. The number of rotatable bonds is 3. The number of ether oxygens (including phenoxy) is 1. The molecule has 0 unspecified atom stereocenters. The van der Waals surface area contributed by atoms with Gasteiger partial charge in [-0.15, -0.1) is 0 Å². The van der Waals surface area contributed by atoms with Crippen LogP contribution in [-0.2, 0) is 13.5 Å². The lowest BCUT2D eigenvalue weighted by Gasteiger charge is -2.28. The van der Waals surface area contributed by atoms with Gasteiger partial charge in [-0.25, -0.2) is 4.57 Å². The zero-order valence-corrected chi connectivity index (χ0v) is 21.6. The van der Waals surface area contributed by atoms with Crippen LogP contribution < -0.4 is 19.7 Å². The molecule has 0 atom stereocenters. The molecule has 1 aliphatic rings. The van der Waals surface area contributed by atoms with E-state index in [0.717, 1.165) is 17.9 Å². The molecule has 6 rings (SSSR count). The van der Waals surface area contributed by atoms with Gasteiger partial charge in [0.1, 0.15) is 26.6 Å². The normalized spacial score (nSPS) is 12.6. The summed E-state index contributed by atoms with van der Waals surface area (Å²) in [6.45, 7) is 9.35. The number of pyridine rings is 1. The van der Waals surface area contributed by atoms with Crippen LogP contribution in [-0.4, -0.2) is 8.07 Å². The summed E-state index contributed by atoms with van der Waals surface area (Å²) in [5, 5.41) is 7.94. The monoisotopic (exact) mass is 460 g/mol. The molecule has 0 fully saturated rings. The number of aromatic nitrogens is 1. The zero-order valence-electron chi connectivity index (χ0n) is 20.6.